The predicted octanol–water partition coefficient (Wildman–Crippen LogP) is 1.23. The van der Waals surface area contributed by atoms with Crippen molar-refractivity contribution in [2.45, 2.75) is 12.6 Å². The molecule has 0 spiro atoms. The molecule has 1 fully saturated rings. The molecule has 1 N–H and O–H groups in total. The molecule has 20 heavy (non-hydrogen) atoms. The third-order valence-corrected chi connectivity index (χ3v) is 4.14. The van der Waals surface area contributed by atoms with E-state index >= 15 is 0 Å². The second kappa shape index (κ2) is 6.66. The van der Waals surface area contributed by atoms with Gasteiger partial charge in [0.1, 0.15) is 0 Å². The maximum Gasteiger partial charge on any atom is 0.406 e. The average Bonchev–Trinajstić information content (AvgIpc) is 2.80. The second-order valence-corrected chi connectivity index (χ2v) is 5.60. The first-order valence-electron chi connectivity index (χ1n) is 5.89. The molecular weight excluding hydrogens is 299 g/mol. The SMILES string of the molecule is COCCSCC(=O)N1CCC(C(=O)O)(C(F)(F)F)C1. The average molecular weight is 315 g/mol. The largest absolute Gasteiger partial charge is 0.481 e. The molecule has 9 heteroatoms. The van der Waals surface area contributed by atoms with Gasteiger partial charge in [-0.25, -0.2) is 0 Å². The van der Waals surface area contributed by atoms with Crippen molar-refractivity contribution < 1.29 is 32.6 Å². The summed E-state index contributed by atoms with van der Waals surface area (Å²) in [4.78, 5) is 23.7. The number of likely N-dealkylation sites (tertiary alicyclic amines) is 1. The van der Waals surface area contributed by atoms with Gasteiger partial charge in [-0.15, -0.1) is 11.8 Å². The van der Waals surface area contributed by atoms with Crippen molar-refractivity contribution in [1.29, 1.82) is 0 Å². The van der Waals surface area contributed by atoms with Crippen molar-refractivity contribution in [3.8, 4) is 0 Å². The first kappa shape index (κ1) is 17.1. The zero-order valence-corrected chi connectivity index (χ0v) is 11.7. The summed E-state index contributed by atoms with van der Waals surface area (Å²) in [5.41, 5.74) is -2.83. The van der Waals surface area contributed by atoms with Crippen molar-refractivity contribution in [1.82, 2.24) is 4.90 Å². The van der Waals surface area contributed by atoms with Crippen LogP contribution in [-0.4, -0.2) is 66.4 Å². The van der Waals surface area contributed by atoms with E-state index in [4.69, 9.17) is 9.84 Å². The molecule has 1 aliphatic heterocycles. The standard InChI is InChI=1S/C11H16F3NO4S/c1-19-4-5-20-6-8(16)15-3-2-10(7-15,9(17)18)11(12,13)14/h2-7H2,1H3,(H,17,18). The number of amides is 1. The van der Waals surface area contributed by atoms with E-state index in [0.29, 0.717) is 12.4 Å². The molecule has 0 aromatic carbocycles. The van der Waals surface area contributed by atoms with Crippen LogP contribution in [0.3, 0.4) is 0 Å². The van der Waals surface area contributed by atoms with E-state index in [2.05, 4.69) is 0 Å². The lowest BCUT2D eigenvalue weighted by Crippen LogP contribution is -2.48. The quantitative estimate of drug-likeness (QED) is 0.747. The summed E-state index contributed by atoms with van der Waals surface area (Å²) in [7, 11) is 1.51. The van der Waals surface area contributed by atoms with Crippen molar-refractivity contribution in [3.63, 3.8) is 0 Å². The number of methoxy groups -OCH3 is 1. The molecule has 1 aliphatic rings. The number of carbonyl (C=O) groups is 2. The molecule has 1 amide bonds. The summed E-state index contributed by atoms with van der Waals surface area (Å²) >= 11 is 1.24. The molecule has 1 saturated heterocycles. The van der Waals surface area contributed by atoms with Crippen LogP contribution in [0.4, 0.5) is 13.2 Å². The number of nitrogens with zero attached hydrogens (tertiary/aromatic N) is 1. The second-order valence-electron chi connectivity index (χ2n) is 4.50. The van der Waals surface area contributed by atoms with Gasteiger partial charge in [0.05, 0.1) is 12.4 Å². The van der Waals surface area contributed by atoms with Crippen LogP contribution in [0.5, 0.6) is 0 Å². The predicted molar refractivity (Wildman–Crippen MR) is 66.5 cm³/mol. The Labute approximate surface area is 118 Å². The third-order valence-electron chi connectivity index (χ3n) is 3.23. The number of halogens is 3. The first-order valence-corrected chi connectivity index (χ1v) is 7.04. The van der Waals surface area contributed by atoms with Crippen molar-refractivity contribution in [2.75, 3.05) is 38.3 Å². The van der Waals surface area contributed by atoms with E-state index in [-0.39, 0.29) is 12.3 Å². The molecule has 0 aliphatic carbocycles. The van der Waals surface area contributed by atoms with Crippen molar-refractivity contribution in [2.24, 2.45) is 5.41 Å². The summed E-state index contributed by atoms with van der Waals surface area (Å²) in [6, 6.07) is 0. The van der Waals surface area contributed by atoms with E-state index in [1.165, 1.54) is 18.9 Å². The van der Waals surface area contributed by atoms with Crippen LogP contribution in [0.25, 0.3) is 0 Å². The molecule has 5 nitrogen and oxygen atoms in total. The van der Waals surface area contributed by atoms with Crippen molar-refractivity contribution >= 4 is 23.6 Å². The Morgan fingerprint density at radius 2 is 2.10 bits per heavy atom. The lowest BCUT2D eigenvalue weighted by molar-refractivity contribution is -0.227. The molecule has 1 atom stereocenters. The number of hydrogen-bond acceptors (Lipinski definition) is 4. The number of carboxylic acid groups (broad SMARTS) is 1. The van der Waals surface area contributed by atoms with E-state index in [9.17, 15) is 22.8 Å². The summed E-state index contributed by atoms with van der Waals surface area (Å²) in [5.74, 6) is -1.82. The van der Waals surface area contributed by atoms with Gasteiger partial charge in [0.15, 0.2) is 5.41 Å². The van der Waals surface area contributed by atoms with E-state index in [1.807, 2.05) is 0 Å². The Hall–Kier alpha value is -0.960. The molecule has 0 saturated carbocycles. The molecule has 0 aromatic heterocycles. The number of rotatable bonds is 6. The third kappa shape index (κ3) is 3.57. The lowest BCUT2D eigenvalue weighted by atomic mass is 9.86. The number of alkyl halides is 3. The van der Waals surface area contributed by atoms with Gasteiger partial charge >= 0.3 is 12.1 Å². The molecule has 0 aromatic rings. The number of carboxylic acids is 1. The van der Waals surface area contributed by atoms with E-state index in [1.54, 1.807) is 0 Å². The van der Waals surface area contributed by atoms with Crippen LogP contribution in [0.1, 0.15) is 6.42 Å². The molecule has 1 unspecified atom stereocenters. The van der Waals surface area contributed by atoms with Gasteiger partial charge in [-0.05, 0) is 6.42 Å². The highest BCUT2D eigenvalue weighted by atomic mass is 32.2. The molecule has 0 bridgehead atoms. The highest BCUT2D eigenvalue weighted by molar-refractivity contribution is 7.99. The molecular formula is C11H16F3NO4S. The van der Waals surface area contributed by atoms with E-state index in [0.717, 1.165) is 4.90 Å². The van der Waals surface area contributed by atoms with Gasteiger partial charge in [-0.1, -0.05) is 0 Å². The molecule has 116 valence electrons. The Morgan fingerprint density at radius 1 is 1.45 bits per heavy atom. The molecule has 0 radical (unpaired) electrons. The number of aliphatic carboxylic acids is 1. The molecule has 1 rings (SSSR count). The Kier molecular flexibility index (Phi) is 5.69. The van der Waals surface area contributed by atoms with Crippen molar-refractivity contribution in [3.05, 3.63) is 0 Å². The Morgan fingerprint density at radius 3 is 2.55 bits per heavy atom. The van der Waals surface area contributed by atoms with Crippen LogP contribution >= 0.6 is 11.8 Å². The smallest absolute Gasteiger partial charge is 0.406 e. The van der Waals surface area contributed by atoms with Gasteiger partial charge in [0.25, 0.3) is 0 Å². The highest BCUT2D eigenvalue weighted by Gasteiger charge is 2.64. The first-order chi connectivity index (χ1) is 9.24. The molecule has 1 heterocycles. The number of hydrogen-bond donors (Lipinski definition) is 1. The van der Waals surface area contributed by atoms with Crippen LogP contribution in [0, 0.1) is 5.41 Å². The van der Waals surface area contributed by atoms with Crippen LogP contribution in [-0.2, 0) is 14.3 Å². The maximum absolute atomic E-state index is 12.9. The summed E-state index contributed by atoms with van der Waals surface area (Å²) in [6.07, 6.45) is -5.46. The fraction of sp³-hybridized carbons (Fsp3) is 0.818. The van der Waals surface area contributed by atoms with Gasteiger partial charge in [-0.3, -0.25) is 9.59 Å². The lowest BCUT2D eigenvalue weighted by Gasteiger charge is -2.27. The fourth-order valence-electron chi connectivity index (χ4n) is 1.94. The fourth-order valence-corrected chi connectivity index (χ4v) is 2.73. The summed E-state index contributed by atoms with van der Waals surface area (Å²) in [6.45, 7) is -0.551. The number of thioether (sulfide) groups is 1. The number of ether oxygens (including phenoxy) is 1. The summed E-state index contributed by atoms with van der Waals surface area (Å²) < 4.78 is 43.5. The Balaban J connectivity index is 2.61. The normalized spacial score (nSPS) is 23.1. The zero-order chi connectivity index (χ0) is 15.4. The van der Waals surface area contributed by atoms with Crippen LogP contribution in [0.2, 0.25) is 0 Å². The minimum atomic E-state index is -4.86. The van der Waals surface area contributed by atoms with E-state index < -0.39 is 36.4 Å². The maximum atomic E-state index is 12.9. The zero-order valence-electron chi connectivity index (χ0n) is 10.9. The topological polar surface area (TPSA) is 66.8 Å². The Bertz CT molecular complexity index is 377. The van der Waals surface area contributed by atoms with Gasteiger partial charge < -0.3 is 14.7 Å². The van der Waals surface area contributed by atoms with Crippen LogP contribution < -0.4 is 0 Å². The van der Waals surface area contributed by atoms with Gasteiger partial charge in [0.2, 0.25) is 5.91 Å². The van der Waals surface area contributed by atoms with Crippen LogP contribution in [0.15, 0.2) is 0 Å². The summed E-state index contributed by atoms with van der Waals surface area (Å²) in [5, 5.41) is 8.87. The van der Waals surface area contributed by atoms with Gasteiger partial charge in [0, 0.05) is 26.0 Å². The monoisotopic (exact) mass is 315 g/mol. The minimum Gasteiger partial charge on any atom is -0.481 e. The van der Waals surface area contributed by atoms with Gasteiger partial charge in [-0.2, -0.15) is 13.2 Å². The minimum absolute atomic E-state index is 0.0247. The highest BCUT2D eigenvalue weighted by Crippen LogP contribution is 2.45. The number of carbonyl (C=O) groups excluding carboxylic acids is 1.